The van der Waals surface area contributed by atoms with Gasteiger partial charge in [0.2, 0.25) is 0 Å². The molecule has 0 fully saturated rings. The largest absolute Gasteiger partial charge is 0.497 e. The van der Waals surface area contributed by atoms with Crippen molar-refractivity contribution in [3.63, 3.8) is 0 Å². The minimum atomic E-state index is -0.660. The van der Waals surface area contributed by atoms with Crippen LogP contribution in [0.15, 0.2) is 48.5 Å². The number of ether oxygens (including phenoxy) is 2. The summed E-state index contributed by atoms with van der Waals surface area (Å²) in [4.78, 5) is 12.0. The van der Waals surface area contributed by atoms with E-state index in [0.29, 0.717) is 6.42 Å². The van der Waals surface area contributed by atoms with Crippen LogP contribution in [0.4, 0.5) is 0 Å². The Morgan fingerprint density at radius 2 is 1.75 bits per heavy atom. The summed E-state index contributed by atoms with van der Waals surface area (Å²) < 4.78 is 10.6. The van der Waals surface area contributed by atoms with Crippen LogP contribution in [0.5, 0.6) is 5.75 Å². The second kappa shape index (κ2) is 7.49. The van der Waals surface area contributed by atoms with E-state index >= 15 is 0 Å². The zero-order valence-corrected chi connectivity index (χ0v) is 14.7. The highest BCUT2D eigenvalue weighted by atomic mass is 16.6. The van der Waals surface area contributed by atoms with E-state index in [2.05, 4.69) is 0 Å². The Morgan fingerprint density at radius 1 is 1.08 bits per heavy atom. The van der Waals surface area contributed by atoms with Crippen LogP contribution in [-0.2, 0) is 16.0 Å². The van der Waals surface area contributed by atoms with Gasteiger partial charge < -0.3 is 15.2 Å². The molecule has 1 atom stereocenters. The van der Waals surface area contributed by atoms with Crippen molar-refractivity contribution in [1.29, 1.82) is 0 Å². The molecule has 0 amide bonds. The van der Waals surface area contributed by atoms with Gasteiger partial charge in [-0.05, 0) is 56.0 Å². The molecule has 0 spiro atoms. The molecule has 0 aromatic heterocycles. The molecule has 4 heteroatoms. The van der Waals surface area contributed by atoms with Gasteiger partial charge in [-0.3, -0.25) is 4.79 Å². The number of hydrogen-bond donors (Lipinski definition) is 1. The summed E-state index contributed by atoms with van der Waals surface area (Å²) in [5.74, 6) is 0.447. The Labute approximate surface area is 143 Å². The van der Waals surface area contributed by atoms with Crippen LogP contribution in [0.25, 0.3) is 11.1 Å². The number of methoxy groups -OCH3 is 1. The molecule has 0 unspecified atom stereocenters. The Kier molecular flexibility index (Phi) is 5.62. The highest BCUT2D eigenvalue weighted by Crippen LogP contribution is 2.24. The van der Waals surface area contributed by atoms with Crippen molar-refractivity contribution in [3.8, 4) is 16.9 Å². The lowest BCUT2D eigenvalue weighted by Crippen LogP contribution is -2.38. The standard InChI is InChI=1S/C20H25NO3/c1-20(2,3)24-19(22)18(21)12-14-8-10-15(11-9-14)16-6-5-7-17(13-16)23-4/h5-11,13,18H,12,21H2,1-4H3/t18-/m0/s1. The van der Waals surface area contributed by atoms with Crippen molar-refractivity contribution in [2.75, 3.05) is 7.11 Å². The highest BCUT2D eigenvalue weighted by molar-refractivity contribution is 5.76. The monoisotopic (exact) mass is 327 g/mol. The molecule has 0 aliphatic heterocycles. The smallest absolute Gasteiger partial charge is 0.323 e. The predicted molar refractivity (Wildman–Crippen MR) is 96.0 cm³/mol. The Hall–Kier alpha value is -2.33. The normalized spacial score (nSPS) is 12.5. The van der Waals surface area contributed by atoms with E-state index < -0.39 is 11.6 Å². The van der Waals surface area contributed by atoms with Crippen LogP contribution in [0.3, 0.4) is 0 Å². The number of hydrogen-bond acceptors (Lipinski definition) is 4. The molecule has 24 heavy (non-hydrogen) atoms. The fourth-order valence-corrected chi connectivity index (χ4v) is 2.35. The summed E-state index contributed by atoms with van der Waals surface area (Å²) in [6.07, 6.45) is 0.452. The summed E-state index contributed by atoms with van der Waals surface area (Å²) in [7, 11) is 1.65. The van der Waals surface area contributed by atoms with E-state index in [1.165, 1.54) is 0 Å². The third-order valence-corrected chi connectivity index (χ3v) is 3.52. The van der Waals surface area contributed by atoms with Gasteiger partial charge >= 0.3 is 5.97 Å². The van der Waals surface area contributed by atoms with Crippen LogP contribution in [0, 0.1) is 0 Å². The molecule has 2 aromatic rings. The molecular weight excluding hydrogens is 302 g/mol. The maximum absolute atomic E-state index is 12.0. The average molecular weight is 327 g/mol. The van der Waals surface area contributed by atoms with E-state index in [1.807, 2.05) is 69.3 Å². The lowest BCUT2D eigenvalue weighted by molar-refractivity contribution is -0.156. The fourth-order valence-electron chi connectivity index (χ4n) is 2.35. The molecule has 0 bridgehead atoms. The van der Waals surface area contributed by atoms with Gasteiger partial charge in [-0.1, -0.05) is 36.4 Å². The molecule has 2 aromatic carbocycles. The second-order valence-electron chi connectivity index (χ2n) is 6.77. The van der Waals surface area contributed by atoms with Gasteiger partial charge in [0.15, 0.2) is 0 Å². The summed E-state index contributed by atoms with van der Waals surface area (Å²) in [6.45, 7) is 5.50. The lowest BCUT2D eigenvalue weighted by Gasteiger charge is -2.22. The molecule has 2 N–H and O–H groups in total. The topological polar surface area (TPSA) is 61.5 Å². The number of benzene rings is 2. The third-order valence-electron chi connectivity index (χ3n) is 3.52. The SMILES string of the molecule is COc1cccc(-c2ccc(C[C@H](N)C(=O)OC(C)(C)C)cc2)c1. The van der Waals surface area contributed by atoms with Crippen LogP contribution in [0.1, 0.15) is 26.3 Å². The zero-order chi connectivity index (χ0) is 17.7. The van der Waals surface area contributed by atoms with Crippen molar-refractivity contribution < 1.29 is 14.3 Å². The molecule has 0 aliphatic carbocycles. The van der Waals surface area contributed by atoms with Gasteiger partial charge in [0.25, 0.3) is 0 Å². The quantitative estimate of drug-likeness (QED) is 0.853. The van der Waals surface area contributed by atoms with E-state index in [1.54, 1.807) is 7.11 Å². The minimum absolute atomic E-state index is 0.376. The number of carbonyl (C=O) groups excluding carboxylic acids is 1. The first-order chi connectivity index (χ1) is 11.3. The van der Waals surface area contributed by atoms with Gasteiger partial charge in [0, 0.05) is 0 Å². The van der Waals surface area contributed by atoms with Crippen molar-refractivity contribution in [2.24, 2.45) is 5.73 Å². The van der Waals surface area contributed by atoms with Crippen LogP contribution in [0.2, 0.25) is 0 Å². The summed E-state index contributed by atoms with van der Waals surface area (Å²) in [5, 5.41) is 0. The summed E-state index contributed by atoms with van der Waals surface area (Å²) >= 11 is 0. The summed E-state index contributed by atoms with van der Waals surface area (Å²) in [6, 6.07) is 15.2. The number of esters is 1. The molecule has 2 rings (SSSR count). The van der Waals surface area contributed by atoms with Crippen LogP contribution in [-0.4, -0.2) is 24.7 Å². The molecular formula is C20H25NO3. The molecule has 0 heterocycles. The maximum atomic E-state index is 12.0. The van der Waals surface area contributed by atoms with E-state index in [-0.39, 0.29) is 5.97 Å². The maximum Gasteiger partial charge on any atom is 0.323 e. The Bertz CT molecular complexity index is 687. The van der Waals surface area contributed by atoms with Gasteiger partial charge in [-0.25, -0.2) is 0 Å². The molecule has 128 valence electrons. The van der Waals surface area contributed by atoms with Gasteiger partial charge in [-0.15, -0.1) is 0 Å². The molecule has 0 aliphatic rings. The van der Waals surface area contributed by atoms with E-state index in [0.717, 1.165) is 22.4 Å². The number of rotatable bonds is 5. The highest BCUT2D eigenvalue weighted by Gasteiger charge is 2.22. The average Bonchev–Trinajstić information content (AvgIpc) is 2.54. The van der Waals surface area contributed by atoms with Gasteiger partial charge in [0.05, 0.1) is 7.11 Å². The fraction of sp³-hybridized carbons (Fsp3) is 0.350. The van der Waals surface area contributed by atoms with E-state index in [9.17, 15) is 4.79 Å². The third kappa shape index (κ3) is 5.10. The Balaban J connectivity index is 2.05. The van der Waals surface area contributed by atoms with Gasteiger partial charge in [0.1, 0.15) is 17.4 Å². The molecule has 0 saturated carbocycles. The molecule has 4 nitrogen and oxygen atoms in total. The van der Waals surface area contributed by atoms with Crippen molar-refractivity contribution in [1.82, 2.24) is 0 Å². The minimum Gasteiger partial charge on any atom is -0.497 e. The van der Waals surface area contributed by atoms with Crippen molar-refractivity contribution in [2.45, 2.75) is 38.8 Å². The summed E-state index contributed by atoms with van der Waals surface area (Å²) in [5.41, 5.74) is 8.60. The van der Waals surface area contributed by atoms with Gasteiger partial charge in [-0.2, -0.15) is 0 Å². The second-order valence-corrected chi connectivity index (χ2v) is 6.77. The first-order valence-electron chi connectivity index (χ1n) is 8.00. The zero-order valence-electron chi connectivity index (χ0n) is 14.7. The number of nitrogens with two attached hydrogens (primary N) is 1. The first kappa shape index (κ1) is 18.0. The van der Waals surface area contributed by atoms with E-state index in [4.69, 9.17) is 15.2 Å². The predicted octanol–water partition coefficient (Wildman–Crippen LogP) is 3.57. The Morgan fingerprint density at radius 3 is 2.33 bits per heavy atom. The molecule has 0 saturated heterocycles. The first-order valence-corrected chi connectivity index (χ1v) is 8.00. The lowest BCUT2D eigenvalue weighted by atomic mass is 10.0. The van der Waals surface area contributed by atoms with Crippen LogP contribution < -0.4 is 10.5 Å². The van der Waals surface area contributed by atoms with Crippen molar-refractivity contribution >= 4 is 5.97 Å². The van der Waals surface area contributed by atoms with Crippen LogP contribution >= 0.6 is 0 Å². The molecule has 0 radical (unpaired) electrons. The number of carbonyl (C=O) groups is 1. The van der Waals surface area contributed by atoms with Crippen molar-refractivity contribution in [3.05, 3.63) is 54.1 Å².